The van der Waals surface area contributed by atoms with Crippen LogP contribution in [0.2, 0.25) is 0 Å². The van der Waals surface area contributed by atoms with Gasteiger partial charge in [-0.3, -0.25) is 4.79 Å². The zero-order valence-electron chi connectivity index (χ0n) is 14.5. The van der Waals surface area contributed by atoms with Crippen LogP contribution in [0.4, 0.5) is 0 Å². The summed E-state index contributed by atoms with van der Waals surface area (Å²) in [6.07, 6.45) is -0.580. The van der Waals surface area contributed by atoms with Crippen LogP contribution in [-0.4, -0.2) is 30.2 Å². The van der Waals surface area contributed by atoms with Crippen LogP contribution in [0.5, 0.6) is 17.2 Å². The zero-order chi connectivity index (χ0) is 18.1. The molecule has 0 saturated heterocycles. The number of carbonyl (C=O) groups is 1. The van der Waals surface area contributed by atoms with Gasteiger partial charge in [0, 0.05) is 18.6 Å². The van der Waals surface area contributed by atoms with Gasteiger partial charge in [0.1, 0.15) is 5.75 Å². The number of hydrazone groups is 1. The Bertz CT molecular complexity index is 880. The molecule has 1 atom stereocenters. The van der Waals surface area contributed by atoms with E-state index < -0.39 is 6.23 Å². The van der Waals surface area contributed by atoms with E-state index in [1.807, 2.05) is 31.2 Å². The van der Waals surface area contributed by atoms with Gasteiger partial charge in [0.15, 0.2) is 18.1 Å². The summed E-state index contributed by atoms with van der Waals surface area (Å²) in [6.45, 7) is 3.74. The largest absolute Gasteiger partial charge is 0.484 e. The maximum atomic E-state index is 12.0. The Labute approximate surface area is 150 Å². The summed E-state index contributed by atoms with van der Waals surface area (Å²) < 4.78 is 22.2. The molecule has 0 bridgehead atoms. The maximum absolute atomic E-state index is 12.0. The van der Waals surface area contributed by atoms with E-state index in [9.17, 15) is 4.79 Å². The van der Waals surface area contributed by atoms with Gasteiger partial charge in [-0.05, 0) is 24.6 Å². The fraction of sp³-hybridized carbons (Fsp3) is 0.263. The summed E-state index contributed by atoms with van der Waals surface area (Å²) in [5.41, 5.74) is 1.92. The summed E-state index contributed by atoms with van der Waals surface area (Å²) >= 11 is 0. The highest BCUT2D eigenvalue weighted by molar-refractivity contribution is 5.83. The number of rotatable bonds is 4. The smallest absolute Gasteiger partial charge is 0.247 e. The van der Waals surface area contributed by atoms with E-state index in [0.29, 0.717) is 23.1 Å². The van der Waals surface area contributed by atoms with Crippen molar-refractivity contribution in [3.05, 3.63) is 53.6 Å². The molecule has 4 rings (SSSR count). The lowest BCUT2D eigenvalue weighted by molar-refractivity contribution is -0.135. The number of benzene rings is 2. The van der Waals surface area contributed by atoms with E-state index in [1.54, 1.807) is 18.2 Å². The van der Waals surface area contributed by atoms with E-state index in [-0.39, 0.29) is 19.3 Å². The van der Waals surface area contributed by atoms with Crippen LogP contribution in [0.1, 0.15) is 24.3 Å². The third kappa shape index (κ3) is 3.03. The van der Waals surface area contributed by atoms with Crippen LogP contribution in [0.3, 0.4) is 0 Å². The number of fused-ring (bicyclic) bond motifs is 1. The quantitative estimate of drug-likeness (QED) is 0.844. The molecule has 0 aromatic heterocycles. The second-order valence-electron chi connectivity index (χ2n) is 5.99. The minimum absolute atomic E-state index is 0.103. The van der Waals surface area contributed by atoms with E-state index >= 15 is 0 Å². The van der Waals surface area contributed by atoms with Crippen molar-refractivity contribution in [1.82, 2.24) is 5.01 Å². The molecule has 26 heavy (non-hydrogen) atoms. The first-order valence-corrected chi connectivity index (χ1v) is 8.24. The molecule has 2 aromatic rings. The average Bonchev–Trinajstić information content (AvgIpc) is 3.26. The summed E-state index contributed by atoms with van der Waals surface area (Å²) in [6, 6.07) is 13.1. The van der Waals surface area contributed by atoms with E-state index in [4.69, 9.17) is 18.9 Å². The van der Waals surface area contributed by atoms with Crippen LogP contribution in [0.25, 0.3) is 0 Å². The molecule has 134 valence electrons. The molecular formula is C19H18N2O5. The molecular weight excluding hydrogens is 336 g/mol. The third-order valence-corrected chi connectivity index (χ3v) is 4.17. The van der Waals surface area contributed by atoms with Crippen LogP contribution in [0.15, 0.2) is 47.6 Å². The molecule has 7 heteroatoms. The number of amides is 1. The predicted octanol–water partition coefficient (Wildman–Crippen LogP) is 2.99. The van der Waals surface area contributed by atoms with Crippen LogP contribution in [0, 0.1) is 6.92 Å². The van der Waals surface area contributed by atoms with Crippen LogP contribution in [-0.2, 0) is 9.53 Å². The van der Waals surface area contributed by atoms with Crippen LogP contribution >= 0.6 is 0 Å². The maximum Gasteiger partial charge on any atom is 0.247 e. The number of carbonyl (C=O) groups excluding carboxylic acids is 1. The van der Waals surface area contributed by atoms with Gasteiger partial charge in [-0.25, -0.2) is 0 Å². The standard InChI is InChI=1S/C19H18N2O5/c1-12-5-3-4-6-15(12)19-21(13(2)22)20-18(26-19)10-23-14-7-8-16-17(9-14)25-11-24-16/h3-9,19H,10-11H2,1-2H3. The molecule has 1 unspecified atom stereocenters. The zero-order valence-corrected chi connectivity index (χ0v) is 14.5. The van der Waals surface area contributed by atoms with Crippen molar-refractivity contribution in [3.63, 3.8) is 0 Å². The lowest BCUT2D eigenvalue weighted by Crippen LogP contribution is -2.25. The van der Waals surface area contributed by atoms with Gasteiger partial charge in [-0.15, -0.1) is 5.10 Å². The first-order chi connectivity index (χ1) is 12.6. The van der Waals surface area contributed by atoms with Crippen molar-refractivity contribution < 1.29 is 23.7 Å². The van der Waals surface area contributed by atoms with E-state index in [2.05, 4.69) is 5.10 Å². The molecule has 0 aliphatic carbocycles. The van der Waals surface area contributed by atoms with Crippen molar-refractivity contribution in [3.8, 4) is 17.2 Å². The molecule has 2 aliphatic heterocycles. The minimum atomic E-state index is -0.580. The Hall–Kier alpha value is -3.22. The highest BCUT2D eigenvalue weighted by atomic mass is 16.7. The second-order valence-corrected chi connectivity index (χ2v) is 5.99. The van der Waals surface area contributed by atoms with E-state index in [1.165, 1.54) is 11.9 Å². The summed E-state index contributed by atoms with van der Waals surface area (Å²) in [7, 11) is 0. The number of aryl methyl sites for hydroxylation is 1. The summed E-state index contributed by atoms with van der Waals surface area (Å²) in [5.74, 6) is 2.07. The van der Waals surface area contributed by atoms with Gasteiger partial charge in [0.25, 0.3) is 0 Å². The number of hydrogen-bond acceptors (Lipinski definition) is 6. The first-order valence-electron chi connectivity index (χ1n) is 8.24. The molecule has 1 amide bonds. The fourth-order valence-corrected chi connectivity index (χ4v) is 2.84. The molecule has 0 radical (unpaired) electrons. The molecule has 2 heterocycles. The molecule has 0 spiro atoms. The number of hydrogen-bond donors (Lipinski definition) is 0. The third-order valence-electron chi connectivity index (χ3n) is 4.17. The Morgan fingerprint density at radius 2 is 2.04 bits per heavy atom. The Morgan fingerprint density at radius 1 is 1.23 bits per heavy atom. The second kappa shape index (κ2) is 6.59. The van der Waals surface area contributed by atoms with Crippen molar-refractivity contribution in [2.45, 2.75) is 20.1 Å². The highest BCUT2D eigenvalue weighted by Gasteiger charge is 2.33. The van der Waals surface area contributed by atoms with Gasteiger partial charge in [-0.2, -0.15) is 5.01 Å². The lowest BCUT2D eigenvalue weighted by Gasteiger charge is -2.20. The first kappa shape index (κ1) is 16.3. The molecule has 2 aromatic carbocycles. The highest BCUT2D eigenvalue weighted by Crippen LogP contribution is 2.35. The number of nitrogens with zero attached hydrogens (tertiary/aromatic N) is 2. The summed E-state index contributed by atoms with van der Waals surface area (Å²) in [5, 5.41) is 5.61. The van der Waals surface area contributed by atoms with Crippen molar-refractivity contribution >= 4 is 11.8 Å². The van der Waals surface area contributed by atoms with E-state index in [0.717, 1.165) is 11.1 Å². The fourth-order valence-electron chi connectivity index (χ4n) is 2.84. The Morgan fingerprint density at radius 3 is 2.85 bits per heavy atom. The average molecular weight is 354 g/mol. The lowest BCUT2D eigenvalue weighted by atomic mass is 10.1. The Balaban J connectivity index is 1.48. The molecule has 0 fully saturated rings. The topological polar surface area (TPSA) is 69.6 Å². The number of ether oxygens (including phenoxy) is 4. The van der Waals surface area contributed by atoms with Gasteiger partial charge in [0.2, 0.25) is 24.8 Å². The molecule has 0 saturated carbocycles. The Kier molecular flexibility index (Phi) is 4.12. The van der Waals surface area contributed by atoms with Crippen LogP contribution < -0.4 is 14.2 Å². The van der Waals surface area contributed by atoms with Crippen molar-refractivity contribution in [1.29, 1.82) is 0 Å². The molecule has 0 N–H and O–H groups in total. The van der Waals surface area contributed by atoms with Gasteiger partial charge in [0.05, 0.1) is 0 Å². The van der Waals surface area contributed by atoms with Crippen molar-refractivity contribution in [2.24, 2.45) is 5.10 Å². The summed E-state index contributed by atoms with van der Waals surface area (Å²) in [4.78, 5) is 12.0. The monoisotopic (exact) mass is 354 g/mol. The predicted molar refractivity (Wildman–Crippen MR) is 93.0 cm³/mol. The van der Waals surface area contributed by atoms with Gasteiger partial charge in [-0.1, -0.05) is 24.3 Å². The normalized spacial score (nSPS) is 17.7. The molecule has 2 aliphatic rings. The van der Waals surface area contributed by atoms with Crippen molar-refractivity contribution in [2.75, 3.05) is 13.4 Å². The van der Waals surface area contributed by atoms with Gasteiger partial charge < -0.3 is 18.9 Å². The van der Waals surface area contributed by atoms with Gasteiger partial charge >= 0.3 is 0 Å². The molecule has 7 nitrogen and oxygen atoms in total. The minimum Gasteiger partial charge on any atom is -0.484 e. The SMILES string of the molecule is CC(=O)N1N=C(COc2ccc3c(c2)OCO3)OC1c1ccccc1C.